The van der Waals surface area contributed by atoms with E-state index < -0.39 is 0 Å². The first-order valence-corrected chi connectivity index (χ1v) is 5.97. The third-order valence-corrected chi connectivity index (χ3v) is 3.68. The van der Waals surface area contributed by atoms with E-state index in [-0.39, 0.29) is 17.2 Å². The van der Waals surface area contributed by atoms with Crippen molar-refractivity contribution in [1.29, 1.82) is 0 Å². The lowest BCUT2D eigenvalue weighted by Crippen LogP contribution is -2.38. The predicted octanol–water partition coefficient (Wildman–Crippen LogP) is 2.56. The number of carbonyl (C=O) groups is 1. The molecule has 1 N–H and O–H groups in total. The molecule has 0 aromatic carbocycles. The summed E-state index contributed by atoms with van der Waals surface area (Å²) in [7, 11) is 0. The van der Waals surface area contributed by atoms with Crippen molar-refractivity contribution < 1.29 is 4.79 Å². The van der Waals surface area contributed by atoms with Crippen molar-refractivity contribution in [1.82, 2.24) is 5.32 Å². The standard InChI is InChI=1S/C11H20ClNO/c1-9(2)10(14)13-8-11(7-12)5-3-4-6-11/h9H,3-8H2,1-2H3,(H,13,14). The molecule has 1 rings (SSSR count). The molecule has 0 bridgehead atoms. The van der Waals surface area contributed by atoms with E-state index in [0.717, 1.165) is 19.4 Å². The minimum Gasteiger partial charge on any atom is -0.355 e. The highest BCUT2D eigenvalue weighted by Crippen LogP contribution is 2.38. The molecule has 0 atom stereocenters. The molecule has 1 aliphatic carbocycles. The number of carbonyl (C=O) groups excluding carboxylic acids is 1. The quantitative estimate of drug-likeness (QED) is 0.721. The topological polar surface area (TPSA) is 29.1 Å². The second-order valence-electron chi connectivity index (χ2n) is 4.71. The summed E-state index contributed by atoms with van der Waals surface area (Å²) in [5.41, 5.74) is 0.187. The molecule has 0 aliphatic heterocycles. The lowest BCUT2D eigenvalue weighted by molar-refractivity contribution is -0.124. The van der Waals surface area contributed by atoms with E-state index in [1.165, 1.54) is 12.8 Å². The Balaban J connectivity index is 2.38. The van der Waals surface area contributed by atoms with Crippen LogP contribution in [0.25, 0.3) is 0 Å². The van der Waals surface area contributed by atoms with E-state index in [9.17, 15) is 4.79 Å². The second kappa shape index (κ2) is 5.01. The predicted molar refractivity (Wildman–Crippen MR) is 59.5 cm³/mol. The molecule has 0 unspecified atom stereocenters. The van der Waals surface area contributed by atoms with Crippen molar-refractivity contribution in [2.45, 2.75) is 39.5 Å². The fraction of sp³-hybridized carbons (Fsp3) is 0.909. The molecule has 3 heteroatoms. The Labute approximate surface area is 91.4 Å². The molecule has 1 saturated carbocycles. The minimum atomic E-state index is 0.0729. The van der Waals surface area contributed by atoms with Crippen molar-refractivity contribution in [2.24, 2.45) is 11.3 Å². The number of halogens is 1. The lowest BCUT2D eigenvalue weighted by Gasteiger charge is -2.26. The van der Waals surface area contributed by atoms with E-state index in [2.05, 4.69) is 5.32 Å². The van der Waals surface area contributed by atoms with E-state index in [4.69, 9.17) is 11.6 Å². The fourth-order valence-electron chi connectivity index (χ4n) is 1.96. The Bertz CT molecular complexity index is 197. The largest absolute Gasteiger partial charge is 0.355 e. The molecule has 1 amide bonds. The number of hydrogen-bond donors (Lipinski definition) is 1. The van der Waals surface area contributed by atoms with Crippen molar-refractivity contribution in [3.8, 4) is 0 Å². The number of rotatable bonds is 4. The molecule has 0 aromatic rings. The SMILES string of the molecule is CC(C)C(=O)NCC1(CCl)CCCC1. The number of hydrogen-bond acceptors (Lipinski definition) is 1. The van der Waals surface area contributed by atoms with Crippen LogP contribution in [0, 0.1) is 11.3 Å². The van der Waals surface area contributed by atoms with E-state index in [0.29, 0.717) is 5.88 Å². The highest BCUT2D eigenvalue weighted by molar-refractivity contribution is 6.18. The van der Waals surface area contributed by atoms with Gasteiger partial charge in [-0.3, -0.25) is 4.79 Å². The number of nitrogens with one attached hydrogen (secondary N) is 1. The molecule has 0 spiro atoms. The Morgan fingerprint density at radius 1 is 1.43 bits per heavy atom. The monoisotopic (exact) mass is 217 g/mol. The molecular formula is C11H20ClNO. The van der Waals surface area contributed by atoms with Crippen LogP contribution >= 0.6 is 11.6 Å². The van der Waals surface area contributed by atoms with Crippen LogP contribution in [0.2, 0.25) is 0 Å². The molecule has 0 saturated heterocycles. The van der Waals surface area contributed by atoms with Gasteiger partial charge in [0.1, 0.15) is 0 Å². The van der Waals surface area contributed by atoms with Crippen LogP contribution in [0.5, 0.6) is 0 Å². The molecular weight excluding hydrogens is 198 g/mol. The Kier molecular flexibility index (Phi) is 4.24. The lowest BCUT2D eigenvalue weighted by atomic mass is 9.88. The Morgan fingerprint density at radius 2 is 2.00 bits per heavy atom. The normalized spacial score (nSPS) is 20.0. The summed E-state index contributed by atoms with van der Waals surface area (Å²) in [6.45, 7) is 4.59. The summed E-state index contributed by atoms with van der Waals surface area (Å²) in [6.07, 6.45) is 4.83. The summed E-state index contributed by atoms with van der Waals surface area (Å²) in [5.74, 6) is 0.885. The van der Waals surface area contributed by atoms with Crippen molar-refractivity contribution >= 4 is 17.5 Å². The van der Waals surface area contributed by atoms with Gasteiger partial charge in [0.15, 0.2) is 0 Å². The van der Waals surface area contributed by atoms with E-state index >= 15 is 0 Å². The van der Waals surface area contributed by atoms with Gasteiger partial charge < -0.3 is 5.32 Å². The zero-order valence-corrected chi connectivity index (χ0v) is 9.86. The minimum absolute atomic E-state index is 0.0729. The van der Waals surface area contributed by atoms with Crippen molar-refractivity contribution in [2.75, 3.05) is 12.4 Å². The maximum atomic E-state index is 11.4. The van der Waals surface area contributed by atoms with E-state index in [1.807, 2.05) is 13.8 Å². The summed E-state index contributed by atoms with van der Waals surface area (Å²) in [4.78, 5) is 11.4. The Morgan fingerprint density at radius 3 is 2.43 bits per heavy atom. The highest BCUT2D eigenvalue weighted by atomic mass is 35.5. The van der Waals surface area contributed by atoms with Crippen LogP contribution in [-0.4, -0.2) is 18.3 Å². The maximum absolute atomic E-state index is 11.4. The third-order valence-electron chi connectivity index (χ3n) is 3.11. The van der Waals surface area contributed by atoms with Gasteiger partial charge in [-0.2, -0.15) is 0 Å². The van der Waals surface area contributed by atoms with Crippen LogP contribution in [0.15, 0.2) is 0 Å². The van der Waals surface area contributed by atoms with Gasteiger partial charge in [0.25, 0.3) is 0 Å². The smallest absolute Gasteiger partial charge is 0.222 e. The van der Waals surface area contributed by atoms with Gasteiger partial charge in [-0.1, -0.05) is 26.7 Å². The zero-order valence-electron chi connectivity index (χ0n) is 9.11. The molecule has 2 nitrogen and oxygen atoms in total. The fourth-order valence-corrected chi connectivity index (χ4v) is 2.32. The second-order valence-corrected chi connectivity index (χ2v) is 4.98. The van der Waals surface area contributed by atoms with Gasteiger partial charge in [-0.25, -0.2) is 0 Å². The van der Waals surface area contributed by atoms with Crippen LogP contribution in [0.3, 0.4) is 0 Å². The summed E-state index contributed by atoms with van der Waals surface area (Å²) in [5, 5.41) is 2.99. The number of amides is 1. The van der Waals surface area contributed by atoms with Crippen molar-refractivity contribution in [3.63, 3.8) is 0 Å². The van der Waals surface area contributed by atoms with Gasteiger partial charge in [-0.15, -0.1) is 11.6 Å². The van der Waals surface area contributed by atoms with Gasteiger partial charge in [0.05, 0.1) is 0 Å². The molecule has 0 radical (unpaired) electrons. The first-order chi connectivity index (χ1) is 6.59. The van der Waals surface area contributed by atoms with Crippen LogP contribution in [-0.2, 0) is 4.79 Å². The summed E-state index contributed by atoms with van der Waals surface area (Å²) in [6, 6.07) is 0. The van der Waals surface area contributed by atoms with Gasteiger partial charge in [0.2, 0.25) is 5.91 Å². The van der Waals surface area contributed by atoms with E-state index in [1.54, 1.807) is 0 Å². The molecule has 0 heterocycles. The van der Waals surface area contributed by atoms with Crippen LogP contribution < -0.4 is 5.32 Å². The molecule has 82 valence electrons. The first-order valence-electron chi connectivity index (χ1n) is 5.43. The molecule has 1 aliphatic rings. The molecule has 14 heavy (non-hydrogen) atoms. The number of alkyl halides is 1. The molecule has 1 fully saturated rings. The zero-order chi connectivity index (χ0) is 10.6. The summed E-state index contributed by atoms with van der Waals surface area (Å²) >= 11 is 5.98. The van der Waals surface area contributed by atoms with Crippen LogP contribution in [0.1, 0.15) is 39.5 Å². The average molecular weight is 218 g/mol. The van der Waals surface area contributed by atoms with Gasteiger partial charge in [-0.05, 0) is 12.8 Å². The maximum Gasteiger partial charge on any atom is 0.222 e. The van der Waals surface area contributed by atoms with Gasteiger partial charge >= 0.3 is 0 Å². The summed E-state index contributed by atoms with van der Waals surface area (Å²) < 4.78 is 0. The Hall–Kier alpha value is -0.240. The van der Waals surface area contributed by atoms with Crippen molar-refractivity contribution in [3.05, 3.63) is 0 Å². The average Bonchev–Trinajstić information content (AvgIpc) is 2.63. The molecule has 0 aromatic heterocycles. The first kappa shape index (κ1) is 11.8. The highest BCUT2D eigenvalue weighted by Gasteiger charge is 2.33. The third kappa shape index (κ3) is 2.88. The van der Waals surface area contributed by atoms with Gasteiger partial charge in [0, 0.05) is 23.8 Å². The van der Waals surface area contributed by atoms with Crippen LogP contribution in [0.4, 0.5) is 0 Å².